The third kappa shape index (κ3) is 3.61. The number of piperidine rings is 1. The molecule has 2 aromatic heterocycles. The van der Waals surface area contributed by atoms with Gasteiger partial charge in [-0.05, 0) is 36.8 Å². The second kappa shape index (κ2) is 7.40. The van der Waals surface area contributed by atoms with E-state index in [0.29, 0.717) is 31.1 Å². The molecule has 3 heterocycles. The summed E-state index contributed by atoms with van der Waals surface area (Å²) in [5, 5.41) is 6.87. The first-order chi connectivity index (χ1) is 13.0. The minimum atomic E-state index is -0.0565. The van der Waals surface area contributed by atoms with Gasteiger partial charge in [-0.25, -0.2) is 4.98 Å². The smallest absolute Gasteiger partial charge is 0.229 e. The predicted molar refractivity (Wildman–Crippen MR) is 111 cm³/mol. The van der Waals surface area contributed by atoms with Crippen molar-refractivity contribution in [1.82, 2.24) is 9.88 Å². The third-order valence-corrected chi connectivity index (χ3v) is 7.17. The number of carbonyl (C=O) groups excluding carboxylic acids is 2. The summed E-state index contributed by atoms with van der Waals surface area (Å²) in [6, 6.07) is 8.36. The highest BCUT2D eigenvalue weighted by Crippen LogP contribution is 2.39. The van der Waals surface area contributed by atoms with Gasteiger partial charge in [0.1, 0.15) is 0 Å². The van der Waals surface area contributed by atoms with Crippen LogP contribution in [0.25, 0.3) is 20.7 Å². The van der Waals surface area contributed by atoms with E-state index in [9.17, 15) is 9.59 Å². The van der Waals surface area contributed by atoms with E-state index in [-0.39, 0.29) is 17.7 Å². The summed E-state index contributed by atoms with van der Waals surface area (Å²) in [5.41, 5.74) is 2.15. The molecule has 1 fully saturated rings. The average molecular weight is 400 g/mol. The summed E-state index contributed by atoms with van der Waals surface area (Å²) < 4.78 is 1.25. The van der Waals surface area contributed by atoms with Crippen LogP contribution in [0.15, 0.2) is 29.6 Å². The quantitative estimate of drug-likeness (QED) is 0.704. The van der Waals surface area contributed by atoms with Crippen LogP contribution in [0.3, 0.4) is 0 Å². The van der Waals surface area contributed by atoms with Crippen LogP contribution in [0.2, 0.25) is 0 Å². The second-order valence-corrected chi connectivity index (χ2v) is 8.77. The number of anilines is 1. The lowest BCUT2D eigenvalue weighted by Gasteiger charge is -2.30. The Bertz CT molecular complexity index is 1000. The SMILES string of the molecule is CC(=O)N1CCC(C(=O)Nc2nc(-c3sc4ccccc4c3C)cs2)CC1. The third-order valence-electron chi connectivity index (χ3n) is 5.12. The summed E-state index contributed by atoms with van der Waals surface area (Å²) in [4.78, 5) is 31.6. The lowest BCUT2D eigenvalue weighted by molar-refractivity contribution is -0.132. The van der Waals surface area contributed by atoms with Gasteiger partial charge in [-0.2, -0.15) is 0 Å². The Balaban J connectivity index is 1.46. The van der Waals surface area contributed by atoms with Gasteiger partial charge >= 0.3 is 0 Å². The van der Waals surface area contributed by atoms with Crippen molar-refractivity contribution < 1.29 is 9.59 Å². The first-order valence-electron chi connectivity index (χ1n) is 9.03. The molecule has 1 aliphatic heterocycles. The molecule has 1 aliphatic rings. The highest BCUT2D eigenvalue weighted by atomic mass is 32.1. The van der Waals surface area contributed by atoms with Gasteiger partial charge in [0.05, 0.1) is 10.6 Å². The van der Waals surface area contributed by atoms with E-state index in [1.807, 2.05) is 11.4 Å². The number of carbonyl (C=O) groups is 2. The number of fused-ring (bicyclic) bond motifs is 1. The highest BCUT2D eigenvalue weighted by Gasteiger charge is 2.26. The minimum Gasteiger partial charge on any atom is -0.343 e. The van der Waals surface area contributed by atoms with Crippen molar-refractivity contribution in [2.45, 2.75) is 26.7 Å². The monoisotopic (exact) mass is 399 g/mol. The van der Waals surface area contributed by atoms with Crippen molar-refractivity contribution in [3.63, 3.8) is 0 Å². The van der Waals surface area contributed by atoms with Crippen molar-refractivity contribution in [3.05, 3.63) is 35.2 Å². The summed E-state index contributed by atoms with van der Waals surface area (Å²) in [5.74, 6) is 0.0308. The topological polar surface area (TPSA) is 62.3 Å². The molecule has 4 rings (SSSR count). The summed E-state index contributed by atoms with van der Waals surface area (Å²) in [7, 11) is 0. The lowest BCUT2D eigenvalue weighted by Crippen LogP contribution is -2.40. The van der Waals surface area contributed by atoms with Gasteiger partial charge in [-0.1, -0.05) is 18.2 Å². The zero-order valence-corrected chi connectivity index (χ0v) is 17.0. The lowest BCUT2D eigenvalue weighted by atomic mass is 9.96. The first-order valence-corrected chi connectivity index (χ1v) is 10.7. The molecule has 0 atom stereocenters. The van der Waals surface area contributed by atoms with Crippen molar-refractivity contribution in [1.29, 1.82) is 0 Å². The van der Waals surface area contributed by atoms with Gasteiger partial charge in [0.15, 0.2) is 5.13 Å². The number of amides is 2. The predicted octanol–water partition coefficient (Wildman–Crippen LogP) is 4.53. The number of nitrogens with zero attached hydrogens (tertiary/aromatic N) is 2. The fourth-order valence-corrected chi connectivity index (χ4v) is 5.47. The average Bonchev–Trinajstić information content (AvgIpc) is 3.26. The Kier molecular flexibility index (Phi) is 4.97. The van der Waals surface area contributed by atoms with E-state index in [1.165, 1.54) is 27.0 Å². The first kappa shape index (κ1) is 18.1. The van der Waals surface area contributed by atoms with Crippen molar-refractivity contribution in [2.75, 3.05) is 18.4 Å². The second-order valence-electron chi connectivity index (χ2n) is 6.86. The maximum absolute atomic E-state index is 12.6. The van der Waals surface area contributed by atoms with E-state index >= 15 is 0 Å². The zero-order valence-electron chi connectivity index (χ0n) is 15.3. The molecule has 1 N–H and O–H groups in total. The Morgan fingerprint density at radius 3 is 2.67 bits per heavy atom. The molecule has 0 saturated carbocycles. The summed E-state index contributed by atoms with van der Waals surface area (Å²) in [6.45, 7) is 5.00. The van der Waals surface area contributed by atoms with Crippen LogP contribution in [-0.2, 0) is 9.59 Å². The Morgan fingerprint density at radius 1 is 1.22 bits per heavy atom. The molecule has 0 unspecified atom stereocenters. The molecular formula is C20H21N3O2S2. The molecule has 27 heavy (non-hydrogen) atoms. The molecule has 0 spiro atoms. The molecular weight excluding hydrogens is 378 g/mol. The van der Waals surface area contributed by atoms with E-state index in [0.717, 1.165) is 10.6 Å². The van der Waals surface area contributed by atoms with Crippen molar-refractivity contribution in [2.24, 2.45) is 5.92 Å². The van der Waals surface area contributed by atoms with Gasteiger partial charge in [-0.15, -0.1) is 22.7 Å². The van der Waals surface area contributed by atoms with Gasteiger partial charge < -0.3 is 10.2 Å². The number of nitrogens with one attached hydrogen (secondary N) is 1. The van der Waals surface area contributed by atoms with E-state index < -0.39 is 0 Å². The van der Waals surface area contributed by atoms with Crippen LogP contribution in [-0.4, -0.2) is 34.8 Å². The number of rotatable bonds is 3. The number of hydrogen-bond acceptors (Lipinski definition) is 5. The largest absolute Gasteiger partial charge is 0.343 e. The number of aromatic nitrogens is 1. The van der Waals surface area contributed by atoms with Crippen LogP contribution in [0.1, 0.15) is 25.3 Å². The van der Waals surface area contributed by atoms with E-state index in [1.54, 1.807) is 23.2 Å². The number of likely N-dealkylation sites (tertiary alicyclic amines) is 1. The zero-order chi connectivity index (χ0) is 19.0. The minimum absolute atomic E-state index is 0.00663. The molecule has 1 saturated heterocycles. The summed E-state index contributed by atoms with van der Waals surface area (Å²) in [6.07, 6.45) is 1.41. The van der Waals surface area contributed by atoms with Crippen molar-refractivity contribution >= 4 is 49.7 Å². The molecule has 0 aliphatic carbocycles. The van der Waals surface area contributed by atoms with Crippen LogP contribution in [0, 0.1) is 12.8 Å². The van der Waals surface area contributed by atoms with E-state index in [4.69, 9.17) is 0 Å². The molecule has 140 valence electrons. The highest BCUT2D eigenvalue weighted by molar-refractivity contribution is 7.23. The Labute approximate surface area is 166 Å². The van der Waals surface area contributed by atoms with Gasteiger partial charge in [0.2, 0.25) is 11.8 Å². The van der Waals surface area contributed by atoms with Gasteiger partial charge in [-0.3, -0.25) is 9.59 Å². The van der Waals surface area contributed by atoms with Crippen LogP contribution in [0.5, 0.6) is 0 Å². The van der Waals surface area contributed by atoms with Crippen LogP contribution in [0.4, 0.5) is 5.13 Å². The standard InChI is InChI=1S/C20H21N3O2S2/c1-12-15-5-3-4-6-17(15)27-18(12)16-11-26-20(21-16)22-19(25)14-7-9-23(10-8-14)13(2)24/h3-6,11,14H,7-10H2,1-2H3,(H,21,22,25). The fraction of sp³-hybridized carbons (Fsp3) is 0.350. The molecule has 7 heteroatoms. The number of aryl methyl sites for hydroxylation is 1. The molecule has 1 aromatic carbocycles. The number of thiazole rings is 1. The number of hydrogen-bond donors (Lipinski definition) is 1. The van der Waals surface area contributed by atoms with E-state index in [2.05, 4.69) is 35.4 Å². The number of benzene rings is 1. The molecule has 3 aromatic rings. The number of thiophene rings is 1. The van der Waals surface area contributed by atoms with Gasteiger partial charge in [0, 0.05) is 36.0 Å². The molecule has 2 amide bonds. The Hall–Kier alpha value is -2.25. The molecule has 0 bridgehead atoms. The fourth-order valence-electron chi connectivity index (χ4n) is 3.52. The normalized spacial score (nSPS) is 15.3. The maximum atomic E-state index is 12.6. The van der Waals surface area contributed by atoms with Crippen molar-refractivity contribution in [3.8, 4) is 10.6 Å². The maximum Gasteiger partial charge on any atom is 0.229 e. The Morgan fingerprint density at radius 2 is 1.96 bits per heavy atom. The van der Waals surface area contributed by atoms with Crippen LogP contribution < -0.4 is 5.32 Å². The summed E-state index contributed by atoms with van der Waals surface area (Å²) >= 11 is 3.19. The van der Waals surface area contributed by atoms with Gasteiger partial charge in [0.25, 0.3) is 0 Å². The molecule has 0 radical (unpaired) electrons. The van der Waals surface area contributed by atoms with Crippen LogP contribution >= 0.6 is 22.7 Å². The molecule has 5 nitrogen and oxygen atoms in total.